The molecular weight excluding hydrogens is 304 g/mol. The monoisotopic (exact) mass is 328 g/mol. The van der Waals surface area contributed by atoms with Crippen molar-refractivity contribution in [2.24, 2.45) is 0 Å². The Labute approximate surface area is 142 Å². The number of hydrogen-bond acceptors (Lipinski definition) is 5. The van der Waals surface area contributed by atoms with Gasteiger partial charge in [-0.25, -0.2) is 4.98 Å². The number of nitrogens with zero attached hydrogens (tertiary/aromatic N) is 2. The quantitative estimate of drug-likeness (QED) is 0.575. The highest BCUT2D eigenvalue weighted by Crippen LogP contribution is 2.28. The van der Waals surface area contributed by atoms with Crippen LogP contribution < -0.4 is 15.4 Å². The minimum absolute atomic E-state index is 0.135. The van der Waals surface area contributed by atoms with Gasteiger partial charge in [0.25, 0.3) is 0 Å². The third-order valence-corrected chi connectivity index (χ3v) is 4.21. The maximum absolute atomic E-state index is 12.7. The molecule has 2 N–H and O–H groups in total. The van der Waals surface area contributed by atoms with E-state index in [1.807, 2.05) is 42.2 Å². The Hall–Kier alpha value is -2.34. The number of aryl methyl sites for hydroxylation is 1. The van der Waals surface area contributed by atoms with Crippen molar-refractivity contribution in [2.75, 3.05) is 25.0 Å². The summed E-state index contributed by atoms with van der Waals surface area (Å²) in [6, 6.07) is 5.47. The Kier molecular flexibility index (Phi) is 5.48. The zero-order valence-electron chi connectivity index (χ0n) is 14.0. The zero-order valence-corrected chi connectivity index (χ0v) is 14.0. The van der Waals surface area contributed by atoms with Crippen LogP contribution in [0.1, 0.15) is 30.1 Å². The average molecular weight is 328 g/mol. The van der Waals surface area contributed by atoms with Gasteiger partial charge in [0.15, 0.2) is 5.78 Å². The number of benzene rings is 1. The van der Waals surface area contributed by atoms with Crippen LogP contribution in [-0.2, 0) is 6.54 Å². The smallest absolute Gasteiger partial charge is 0.179 e. The Morgan fingerprint density at radius 1 is 1.50 bits per heavy atom. The van der Waals surface area contributed by atoms with Gasteiger partial charge in [0.2, 0.25) is 0 Å². The second-order valence-corrected chi connectivity index (χ2v) is 5.92. The van der Waals surface area contributed by atoms with Crippen molar-refractivity contribution in [3.05, 3.63) is 42.5 Å². The fraction of sp³-hybridized carbons (Fsp3) is 0.444. The Bertz CT molecular complexity index is 670. The van der Waals surface area contributed by atoms with E-state index in [0.717, 1.165) is 49.5 Å². The molecule has 0 amide bonds. The molecule has 0 saturated heterocycles. The first-order valence-corrected chi connectivity index (χ1v) is 8.52. The summed E-state index contributed by atoms with van der Waals surface area (Å²) in [5.74, 6) is 0.953. The highest BCUT2D eigenvalue weighted by Gasteiger charge is 2.19. The van der Waals surface area contributed by atoms with Gasteiger partial charge in [0.1, 0.15) is 12.4 Å². The van der Waals surface area contributed by atoms with Crippen LogP contribution in [0.25, 0.3) is 0 Å². The van der Waals surface area contributed by atoms with Gasteiger partial charge in [-0.15, -0.1) is 0 Å². The lowest BCUT2D eigenvalue weighted by Crippen LogP contribution is -2.37. The van der Waals surface area contributed by atoms with Gasteiger partial charge in [-0.2, -0.15) is 0 Å². The Morgan fingerprint density at radius 3 is 3.21 bits per heavy atom. The fourth-order valence-electron chi connectivity index (χ4n) is 2.87. The zero-order chi connectivity index (χ0) is 16.8. The predicted octanol–water partition coefficient (Wildman–Crippen LogP) is 2.33. The molecule has 1 aliphatic heterocycles. The van der Waals surface area contributed by atoms with Crippen molar-refractivity contribution in [3.63, 3.8) is 0 Å². The van der Waals surface area contributed by atoms with E-state index in [1.54, 1.807) is 6.20 Å². The summed E-state index contributed by atoms with van der Waals surface area (Å²) in [7, 11) is 0. The molecule has 1 unspecified atom stereocenters. The molecule has 3 rings (SSSR count). The number of ether oxygens (including phenoxy) is 1. The van der Waals surface area contributed by atoms with Crippen molar-refractivity contribution < 1.29 is 9.53 Å². The summed E-state index contributed by atoms with van der Waals surface area (Å²) in [6.07, 6.45) is 7.26. The van der Waals surface area contributed by atoms with Gasteiger partial charge < -0.3 is 19.9 Å². The highest BCUT2D eigenvalue weighted by molar-refractivity contribution is 6.01. The highest BCUT2D eigenvalue weighted by atomic mass is 16.5. The van der Waals surface area contributed by atoms with Crippen molar-refractivity contribution in [3.8, 4) is 5.75 Å². The number of nitrogens with one attached hydrogen (secondary N) is 2. The van der Waals surface area contributed by atoms with Gasteiger partial charge in [-0.3, -0.25) is 4.79 Å². The van der Waals surface area contributed by atoms with Gasteiger partial charge >= 0.3 is 0 Å². The van der Waals surface area contributed by atoms with E-state index in [4.69, 9.17) is 4.74 Å². The van der Waals surface area contributed by atoms with E-state index < -0.39 is 0 Å². The van der Waals surface area contributed by atoms with Crippen LogP contribution in [0.2, 0.25) is 0 Å². The van der Waals surface area contributed by atoms with Crippen LogP contribution in [0.5, 0.6) is 5.75 Å². The molecule has 6 nitrogen and oxygen atoms in total. The van der Waals surface area contributed by atoms with E-state index in [0.29, 0.717) is 6.61 Å². The summed E-state index contributed by atoms with van der Waals surface area (Å²) < 4.78 is 7.60. The van der Waals surface area contributed by atoms with Crippen molar-refractivity contribution in [1.82, 2.24) is 14.9 Å². The van der Waals surface area contributed by atoms with Crippen LogP contribution in [0.15, 0.2) is 36.9 Å². The van der Waals surface area contributed by atoms with Crippen LogP contribution in [0, 0.1) is 0 Å². The topological polar surface area (TPSA) is 68.2 Å². The Morgan fingerprint density at radius 2 is 2.42 bits per heavy atom. The molecule has 0 saturated carbocycles. The lowest BCUT2D eigenvalue weighted by molar-refractivity contribution is 0.0940. The van der Waals surface area contributed by atoms with Crippen LogP contribution in [0.3, 0.4) is 0 Å². The number of imidazole rings is 1. The maximum Gasteiger partial charge on any atom is 0.179 e. The largest absolute Gasteiger partial charge is 0.490 e. The maximum atomic E-state index is 12.7. The molecule has 6 heteroatoms. The summed E-state index contributed by atoms with van der Waals surface area (Å²) in [5, 5.41) is 6.65. The molecular formula is C18H24N4O2. The number of hydrogen-bond donors (Lipinski definition) is 2. The number of aromatic nitrogens is 2. The number of carbonyl (C=O) groups is 1. The fourth-order valence-corrected chi connectivity index (χ4v) is 2.87. The normalized spacial score (nSPS) is 14.4. The van der Waals surface area contributed by atoms with Gasteiger partial charge in [0.05, 0.1) is 18.1 Å². The van der Waals surface area contributed by atoms with Crippen LogP contribution >= 0.6 is 0 Å². The molecule has 1 atom stereocenters. The van der Waals surface area contributed by atoms with Gasteiger partial charge in [-0.05, 0) is 37.6 Å². The van der Waals surface area contributed by atoms with Gasteiger partial charge in [-0.1, -0.05) is 6.92 Å². The molecule has 1 aromatic heterocycles. The molecule has 0 spiro atoms. The second kappa shape index (κ2) is 7.97. The molecule has 0 radical (unpaired) electrons. The molecule has 1 aliphatic rings. The first-order chi connectivity index (χ1) is 11.8. The summed E-state index contributed by atoms with van der Waals surface area (Å²) in [5.41, 5.74) is 1.63. The van der Waals surface area contributed by atoms with Crippen molar-refractivity contribution in [1.29, 1.82) is 0 Å². The van der Waals surface area contributed by atoms with Crippen molar-refractivity contribution >= 4 is 11.5 Å². The molecule has 24 heavy (non-hydrogen) atoms. The average Bonchev–Trinajstić information content (AvgIpc) is 3.14. The standard InChI is InChI=1S/C18H24N4O2/c1-2-15(20-6-3-9-22-10-7-19-13-22)18(23)14-4-5-17-16(12-14)21-8-11-24-17/h4-5,7,10,12-13,15,20-21H,2-3,6,8-9,11H2,1H3. The van der Waals surface area contributed by atoms with Crippen LogP contribution in [-0.4, -0.2) is 41.1 Å². The summed E-state index contributed by atoms with van der Waals surface area (Å²) in [6.45, 7) is 5.17. The van der Waals surface area contributed by atoms with E-state index in [2.05, 4.69) is 15.6 Å². The molecule has 0 fully saturated rings. The van der Waals surface area contributed by atoms with Crippen LogP contribution in [0.4, 0.5) is 5.69 Å². The second-order valence-electron chi connectivity index (χ2n) is 5.92. The predicted molar refractivity (Wildman–Crippen MR) is 93.7 cm³/mol. The first kappa shape index (κ1) is 16.5. The Balaban J connectivity index is 1.55. The molecule has 128 valence electrons. The van der Waals surface area contributed by atoms with E-state index in [9.17, 15) is 4.79 Å². The number of anilines is 1. The number of Topliss-reactive ketones (excluding diaryl/α,β-unsaturated/α-hetero) is 1. The summed E-state index contributed by atoms with van der Waals surface area (Å²) >= 11 is 0. The third-order valence-electron chi connectivity index (χ3n) is 4.21. The first-order valence-electron chi connectivity index (χ1n) is 8.52. The SMILES string of the molecule is CCC(NCCCn1ccnc1)C(=O)c1ccc2c(c1)NCCO2. The minimum atomic E-state index is -0.157. The molecule has 2 aromatic rings. The number of rotatable bonds is 8. The third kappa shape index (κ3) is 3.94. The van der Waals surface area contributed by atoms with Crippen molar-refractivity contribution in [2.45, 2.75) is 32.4 Å². The molecule has 0 aliphatic carbocycles. The van der Waals surface area contributed by atoms with Gasteiger partial charge in [0, 0.05) is 31.0 Å². The van der Waals surface area contributed by atoms with E-state index in [-0.39, 0.29) is 11.8 Å². The molecule has 0 bridgehead atoms. The number of carbonyl (C=O) groups excluding carboxylic acids is 1. The number of fused-ring (bicyclic) bond motifs is 1. The minimum Gasteiger partial charge on any atom is -0.490 e. The van der Waals surface area contributed by atoms with E-state index in [1.165, 1.54) is 0 Å². The van der Waals surface area contributed by atoms with E-state index >= 15 is 0 Å². The summed E-state index contributed by atoms with van der Waals surface area (Å²) in [4.78, 5) is 16.8. The molecule has 1 aromatic carbocycles. The lowest BCUT2D eigenvalue weighted by Gasteiger charge is -2.21. The lowest BCUT2D eigenvalue weighted by atomic mass is 10.0. The number of ketones is 1. The molecule has 2 heterocycles.